The highest BCUT2D eigenvalue weighted by Crippen LogP contribution is 2.40. The van der Waals surface area contributed by atoms with E-state index in [1.165, 1.54) is 0 Å². The monoisotopic (exact) mass is 360 g/mol. The molecule has 1 aliphatic rings. The van der Waals surface area contributed by atoms with Gasteiger partial charge in [0.25, 0.3) is 5.91 Å². The predicted octanol–water partition coefficient (Wildman–Crippen LogP) is 2.96. The number of rotatable bonds is 5. The number of methoxy groups -OCH3 is 1. The smallest absolute Gasteiger partial charge is 0.263 e. The number of fused-ring (bicyclic) bond motifs is 1. The van der Waals surface area contributed by atoms with E-state index in [1.807, 2.05) is 17.0 Å². The molecule has 6 heteroatoms. The highest BCUT2D eigenvalue weighted by atomic mass is 32.1. The van der Waals surface area contributed by atoms with Gasteiger partial charge in [0.05, 0.1) is 17.9 Å². The minimum Gasteiger partial charge on any atom is -0.384 e. The standard InChI is InChI=1S/C19H24N2O3S/c1-20(2)19(23)18-17(14-6-4-5-7-15(14)25-18)13-8-10-21(12-13)16(22)9-11-24-3/h4-7,13H,8-12H2,1-3H3/t13-/m1/s1. The van der Waals surface area contributed by atoms with Crippen LogP contribution in [0.5, 0.6) is 0 Å². The van der Waals surface area contributed by atoms with Gasteiger partial charge in [-0.05, 0) is 23.4 Å². The van der Waals surface area contributed by atoms with Crippen molar-refractivity contribution in [3.05, 3.63) is 34.7 Å². The van der Waals surface area contributed by atoms with Crippen molar-refractivity contribution in [3.8, 4) is 0 Å². The molecular weight excluding hydrogens is 336 g/mol. The number of hydrogen-bond donors (Lipinski definition) is 0. The first-order chi connectivity index (χ1) is 12.0. The fourth-order valence-corrected chi connectivity index (χ4v) is 4.71. The van der Waals surface area contributed by atoms with Gasteiger partial charge in [-0.1, -0.05) is 18.2 Å². The maximum atomic E-state index is 12.7. The van der Waals surface area contributed by atoms with Crippen molar-refractivity contribution in [2.75, 3.05) is 40.9 Å². The lowest BCUT2D eigenvalue weighted by molar-refractivity contribution is -0.131. The topological polar surface area (TPSA) is 49.9 Å². The highest BCUT2D eigenvalue weighted by Gasteiger charge is 2.32. The van der Waals surface area contributed by atoms with Crippen molar-refractivity contribution in [2.24, 2.45) is 0 Å². The first-order valence-electron chi connectivity index (χ1n) is 8.52. The molecule has 2 aromatic rings. The number of carbonyl (C=O) groups excluding carboxylic acids is 2. The van der Waals surface area contributed by atoms with Crippen LogP contribution in [0.15, 0.2) is 24.3 Å². The van der Waals surface area contributed by atoms with Gasteiger partial charge in [0, 0.05) is 44.9 Å². The molecule has 0 unspecified atom stereocenters. The van der Waals surface area contributed by atoms with Gasteiger partial charge in [0.2, 0.25) is 5.91 Å². The fraction of sp³-hybridized carbons (Fsp3) is 0.474. The number of nitrogens with zero attached hydrogens (tertiary/aromatic N) is 2. The van der Waals surface area contributed by atoms with Crippen LogP contribution in [0.4, 0.5) is 0 Å². The largest absolute Gasteiger partial charge is 0.384 e. The van der Waals surface area contributed by atoms with Gasteiger partial charge in [-0.15, -0.1) is 11.3 Å². The zero-order valence-corrected chi connectivity index (χ0v) is 15.8. The molecule has 5 nitrogen and oxygen atoms in total. The second kappa shape index (κ2) is 7.54. The van der Waals surface area contributed by atoms with E-state index in [0.717, 1.165) is 33.5 Å². The van der Waals surface area contributed by atoms with Crippen molar-refractivity contribution in [1.29, 1.82) is 0 Å². The normalized spacial score (nSPS) is 17.2. The van der Waals surface area contributed by atoms with Crippen molar-refractivity contribution in [1.82, 2.24) is 9.80 Å². The lowest BCUT2D eigenvalue weighted by Gasteiger charge is -2.18. The van der Waals surface area contributed by atoms with Gasteiger partial charge < -0.3 is 14.5 Å². The van der Waals surface area contributed by atoms with Crippen LogP contribution in [-0.2, 0) is 9.53 Å². The molecule has 0 aliphatic carbocycles. The van der Waals surface area contributed by atoms with E-state index in [2.05, 4.69) is 12.1 Å². The summed E-state index contributed by atoms with van der Waals surface area (Å²) in [7, 11) is 5.17. The second-order valence-electron chi connectivity index (χ2n) is 6.61. The Morgan fingerprint density at radius 1 is 1.32 bits per heavy atom. The molecule has 25 heavy (non-hydrogen) atoms. The first-order valence-corrected chi connectivity index (χ1v) is 9.34. The molecular formula is C19H24N2O3S. The molecule has 134 valence electrons. The molecule has 1 fully saturated rings. The predicted molar refractivity (Wildman–Crippen MR) is 100 cm³/mol. The van der Waals surface area contributed by atoms with Gasteiger partial charge in [-0.3, -0.25) is 9.59 Å². The van der Waals surface area contributed by atoms with Crippen molar-refractivity contribution in [2.45, 2.75) is 18.8 Å². The van der Waals surface area contributed by atoms with Crippen LogP contribution in [0.1, 0.15) is 34.0 Å². The summed E-state index contributed by atoms with van der Waals surface area (Å²) < 4.78 is 6.14. The van der Waals surface area contributed by atoms with Gasteiger partial charge >= 0.3 is 0 Å². The maximum absolute atomic E-state index is 12.7. The summed E-state index contributed by atoms with van der Waals surface area (Å²) in [4.78, 5) is 29.3. The molecule has 3 rings (SSSR count). The quantitative estimate of drug-likeness (QED) is 0.824. The summed E-state index contributed by atoms with van der Waals surface area (Å²) in [5.41, 5.74) is 1.11. The average molecular weight is 360 g/mol. The Balaban J connectivity index is 1.91. The second-order valence-corrected chi connectivity index (χ2v) is 7.66. The number of hydrogen-bond acceptors (Lipinski definition) is 4. The maximum Gasteiger partial charge on any atom is 0.263 e. The summed E-state index contributed by atoms with van der Waals surface area (Å²) in [5.74, 6) is 0.381. The molecule has 1 atom stereocenters. The van der Waals surface area contributed by atoms with Crippen LogP contribution in [0, 0.1) is 0 Å². The van der Waals surface area contributed by atoms with Crippen molar-refractivity contribution >= 4 is 33.2 Å². The van der Waals surface area contributed by atoms with Gasteiger partial charge in [-0.25, -0.2) is 0 Å². The Hall–Kier alpha value is -1.92. The van der Waals surface area contributed by atoms with Crippen LogP contribution in [0.3, 0.4) is 0 Å². The van der Waals surface area contributed by atoms with Crippen LogP contribution < -0.4 is 0 Å². The first kappa shape index (κ1) is 17.9. The van der Waals surface area contributed by atoms with Crippen molar-refractivity contribution < 1.29 is 14.3 Å². The van der Waals surface area contributed by atoms with E-state index < -0.39 is 0 Å². The fourth-order valence-electron chi connectivity index (χ4n) is 3.40. The van der Waals surface area contributed by atoms with Crippen LogP contribution >= 0.6 is 11.3 Å². The van der Waals surface area contributed by atoms with E-state index in [-0.39, 0.29) is 17.7 Å². The number of amides is 2. The number of carbonyl (C=O) groups is 2. The summed E-state index contributed by atoms with van der Waals surface area (Å²) in [5, 5.41) is 1.15. The van der Waals surface area contributed by atoms with E-state index in [4.69, 9.17) is 4.74 Å². The Morgan fingerprint density at radius 2 is 2.08 bits per heavy atom. The van der Waals surface area contributed by atoms with E-state index in [0.29, 0.717) is 19.6 Å². The molecule has 0 spiro atoms. The zero-order valence-electron chi connectivity index (χ0n) is 14.9. The number of thiophene rings is 1. The lowest BCUT2D eigenvalue weighted by atomic mass is 9.95. The molecule has 2 amide bonds. The third kappa shape index (κ3) is 3.55. The minimum absolute atomic E-state index is 0.0420. The van der Waals surface area contributed by atoms with Crippen LogP contribution in [0.2, 0.25) is 0 Å². The van der Waals surface area contributed by atoms with Crippen LogP contribution in [0.25, 0.3) is 10.1 Å². The Kier molecular flexibility index (Phi) is 5.39. The molecule has 2 heterocycles. The third-order valence-electron chi connectivity index (χ3n) is 4.70. The lowest BCUT2D eigenvalue weighted by Crippen LogP contribution is -2.29. The van der Waals surface area contributed by atoms with E-state index >= 15 is 0 Å². The Bertz CT molecular complexity index is 784. The molecule has 1 aromatic heterocycles. The van der Waals surface area contributed by atoms with E-state index in [9.17, 15) is 9.59 Å². The zero-order chi connectivity index (χ0) is 18.0. The molecule has 0 radical (unpaired) electrons. The molecule has 0 N–H and O–H groups in total. The van der Waals surface area contributed by atoms with Gasteiger partial charge in [0.1, 0.15) is 0 Å². The molecule has 1 saturated heterocycles. The van der Waals surface area contributed by atoms with Crippen LogP contribution in [-0.4, -0.2) is 62.5 Å². The van der Waals surface area contributed by atoms with Gasteiger partial charge in [-0.2, -0.15) is 0 Å². The number of ether oxygens (including phenoxy) is 1. The summed E-state index contributed by atoms with van der Waals surface area (Å²) in [6.45, 7) is 1.87. The van der Waals surface area contributed by atoms with Gasteiger partial charge in [0.15, 0.2) is 0 Å². The summed E-state index contributed by atoms with van der Waals surface area (Å²) in [6.07, 6.45) is 1.31. The molecule has 0 bridgehead atoms. The Labute approximate surface area is 152 Å². The van der Waals surface area contributed by atoms with Crippen molar-refractivity contribution in [3.63, 3.8) is 0 Å². The highest BCUT2D eigenvalue weighted by molar-refractivity contribution is 7.21. The number of benzene rings is 1. The minimum atomic E-state index is 0.0420. The number of likely N-dealkylation sites (tertiary alicyclic amines) is 1. The SMILES string of the molecule is COCCC(=O)N1CC[C@@H](c2c(C(=O)N(C)C)sc3ccccc23)C1. The summed E-state index contributed by atoms with van der Waals surface area (Å²) >= 11 is 1.56. The third-order valence-corrected chi connectivity index (χ3v) is 5.88. The molecule has 1 aliphatic heterocycles. The molecule has 1 aromatic carbocycles. The Morgan fingerprint density at radius 3 is 2.80 bits per heavy atom. The summed E-state index contributed by atoms with van der Waals surface area (Å²) in [6, 6.07) is 8.16. The molecule has 0 saturated carbocycles. The average Bonchev–Trinajstić information content (AvgIpc) is 3.22. The van der Waals surface area contributed by atoms with E-state index in [1.54, 1.807) is 37.4 Å².